The molecule has 0 spiro atoms. The van der Waals surface area contributed by atoms with E-state index in [-0.39, 0.29) is 6.54 Å². The fourth-order valence-corrected chi connectivity index (χ4v) is 0.969. The molecule has 18 heavy (non-hydrogen) atoms. The predicted octanol–water partition coefficient (Wildman–Crippen LogP) is -1.37. The molecule has 6 N–H and O–H groups in total. The lowest BCUT2D eigenvalue weighted by Gasteiger charge is -2.22. The van der Waals surface area contributed by atoms with Crippen LogP contribution in [0.1, 0.15) is 20.8 Å². The number of carboxylic acid groups (broad SMARTS) is 1. The number of primary amides is 1. The summed E-state index contributed by atoms with van der Waals surface area (Å²) in [7, 11) is 0. The molecule has 8 heteroatoms. The van der Waals surface area contributed by atoms with E-state index < -0.39 is 35.5 Å². The van der Waals surface area contributed by atoms with Gasteiger partial charge in [-0.15, -0.1) is 0 Å². The molecule has 0 aliphatic carbocycles. The predicted molar refractivity (Wildman–Crippen MR) is 62.6 cm³/mol. The highest BCUT2D eigenvalue weighted by atomic mass is 16.4. The number of carboxylic acids is 1. The van der Waals surface area contributed by atoms with Crippen molar-refractivity contribution >= 4 is 17.9 Å². The van der Waals surface area contributed by atoms with Crippen molar-refractivity contribution in [1.29, 1.82) is 0 Å². The molecule has 0 aliphatic rings. The molecule has 0 radical (unpaired) electrons. The third-order valence-corrected chi connectivity index (χ3v) is 2.39. The Morgan fingerprint density at radius 1 is 1.33 bits per heavy atom. The van der Waals surface area contributed by atoms with E-state index in [1.54, 1.807) is 13.8 Å². The number of hydrogen-bond donors (Lipinski definition) is 5. The second-order valence-corrected chi connectivity index (χ2v) is 4.63. The second kappa shape index (κ2) is 6.20. The molecule has 0 fully saturated rings. The Bertz CT molecular complexity index is 340. The minimum Gasteiger partial charge on any atom is -0.480 e. The van der Waals surface area contributed by atoms with Crippen molar-refractivity contribution in [2.24, 2.45) is 11.1 Å². The number of nitrogens with two attached hydrogens (primary N) is 1. The third kappa shape index (κ3) is 5.00. The number of nitrogens with one attached hydrogen (secondary N) is 2. The van der Waals surface area contributed by atoms with Crippen LogP contribution in [0, 0.1) is 5.41 Å². The van der Waals surface area contributed by atoms with Crippen molar-refractivity contribution in [2.75, 3.05) is 6.54 Å². The van der Waals surface area contributed by atoms with E-state index >= 15 is 0 Å². The SMILES string of the molecule is CC(O)C(NC(=O)NCC(C)(C)C(N)=O)C(=O)O. The van der Waals surface area contributed by atoms with Crippen LogP contribution in [0.25, 0.3) is 0 Å². The minimum atomic E-state index is -1.42. The molecule has 0 aromatic rings. The van der Waals surface area contributed by atoms with Gasteiger partial charge < -0.3 is 26.6 Å². The summed E-state index contributed by atoms with van der Waals surface area (Å²) >= 11 is 0. The Labute approximate surface area is 105 Å². The van der Waals surface area contributed by atoms with E-state index in [0.717, 1.165) is 0 Å². The number of carbonyl (C=O) groups excluding carboxylic acids is 2. The summed E-state index contributed by atoms with van der Waals surface area (Å²) in [5, 5.41) is 22.3. The van der Waals surface area contributed by atoms with Crippen molar-refractivity contribution < 1.29 is 24.6 Å². The number of aliphatic carboxylic acids is 1. The van der Waals surface area contributed by atoms with Gasteiger partial charge in [0.05, 0.1) is 11.5 Å². The summed E-state index contributed by atoms with van der Waals surface area (Å²) in [6, 6.07) is -2.21. The average molecular weight is 261 g/mol. The zero-order valence-corrected chi connectivity index (χ0v) is 10.6. The molecule has 0 aromatic carbocycles. The fourth-order valence-electron chi connectivity index (χ4n) is 0.969. The summed E-state index contributed by atoms with van der Waals surface area (Å²) < 4.78 is 0. The second-order valence-electron chi connectivity index (χ2n) is 4.63. The highest BCUT2D eigenvalue weighted by Crippen LogP contribution is 2.11. The number of urea groups is 1. The maximum Gasteiger partial charge on any atom is 0.328 e. The van der Waals surface area contributed by atoms with Gasteiger partial charge in [-0.05, 0) is 20.8 Å². The number of carbonyl (C=O) groups is 3. The maximum atomic E-state index is 11.4. The van der Waals surface area contributed by atoms with Crippen LogP contribution in [0.15, 0.2) is 0 Å². The van der Waals surface area contributed by atoms with Gasteiger partial charge in [0.1, 0.15) is 0 Å². The Balaban J connectivity index is 4.35. The van der Waals surface area contributed by atoms with Gasteiger partial charge in [0.15, 0.2) is 6.04 Å². The summed E-state index contributed by atoms with van der Waals surface area (Å²) in [6.45, 7) is 4.28. The van der Waals surface area contributed by atoms with Crippen LogP contribution < -0.4 is 16.4 Å². The van der Waals surface area contributed by atoms with Gasteiger partial charge in [-0.25, -0.2) is 9.59 Å². The van der Waals surface area contributed by atoms with Gasteiger partial charge in [-0.3, -0.25) is 4.79 Å². The van der Waals surface area contributed by atoms with Crippen molar-refractivity contribution in [2.45, 2.75) is 32.9 Å². The van der Waals surface area contributed by atoms with Gasteiger partial charge >= 0.3 is 12.0 Å². The molecule has 2 atom stereocenters. The molecule has 0 aromatic heterocycles. The largest absolute Gasteiger partial charge is 0.480 e. The lowest BCUT2D eigenvalue weighted by molar-refractivity contribution is -0.141. The molecule has 0 rings (SSSR count). The zero-order valence-electron chi connectivity index (χ0n) is 10.6. The summed E-state index contributed by atoms with van der Waals surface area (Å²) in [5.41, 5.74) is 4.17. The van der Waals surface area contributed by atoms with E-state index in [1.807, 2.05) is 0 Å². The van der Waals surface area contributed by atoms with Gasteiger partial charge in [0, 0.05) is 6.54 Å². The summed E-state index contributed by atoms with van der Waals surface area (Å²) in [6.07, 6.45) is -1.24. The fraction of sp³-hybridized carbons (Fsp3) is 0.700. The van der Waals surface area contributed by atoms with Crippen LogP contribution in [-0.4, -0.2) is 46.8 Å². The van der Waals surface area contributed by atoms with Gasteiger partial charge in [-0.1, -0.05) is 0 Å². The first-order chi connectivity index (χ1) is 8.08. The van der Waals surface area contributed by atoms with Crippen LogP contribution in [-0.2, 0) is 9.59 Å². The lowest BCUT2D eigenvalue weighted by Crippen LogP contribution is -2.53. The van der Waals surface area contributed by atoms with E-state index in [0.29, 0.717) is 0 Å². The Hall–Kier alpha value is -1.83. The molecule has 0 saturated heterocycles. The van der Waals surface area contributed by atoms with Crippen molar-refractivity contribution in [3.05, 3.63) is 0 Å². The van der Waals surface area contributed by atoms with Crippen LogP contribution in [0.3, 0.4) is 0 Å². The molecule has 0 aliphatic heterocycles. The average Bonchev–Trinajstić information content (AvgIpc) is 2.22. The van der Waals surface area contributed by atoms with Crippen molar-refractivity contribution in [1.82, 2.24) is 10.6 Å². The number of hydrogen-bond acceptors (Lipinski definition) is 4. The van der Waals surface area contributed by atoms with E-state index in [2.05, 4.69) is 10.6 Å². The van der Waals surface area contributed by atoms with Gasteiger partial charge in [-0.2, -0.15) is 0 Å². The van der Waals surface area contributed by atoms with Crippen molar-refractivity contribution in [3.63, 3.8) is 0 Å². The van der Waals surface area contributed by atoms with Crippen LogP contribution in [0.4, 0.5) is 4.79 Å². The Morgan fingerprint density at radius 3 is 2.17 bits per heavy atom. The first-order valence-electron chi connectivity index (χ1n) is 5.33. The highest BCUT2D eigenvalue weighted by molar-refractivity contribution is 5.84. The normalized spacial score (nSPS) is 14.4. The van der Waals surface area contributed by atoms with E-state index in [9.17, 15) is 14.4 Å². The third-order valence-electron chi connectivity index (χ3n) is 2.39. The number of aliphatic hydroxyl groups is 1. The molecule has 104 valence electrons. The quantitative estimate of drug-likeness (QED) is 0.401. The van der Waals surface area contributed by atoms with Crippen LogP contribution in [0.5, 0.6) is 0 Å². The first kappa shape index (κ1) is 16.2. The molecule has 0 saturated carbocycles. The molecular weight excluding hydrogens is 242 g/mol. The van der Waals surface area contributed by atoms with Crippen molar-refractivity contribution in [3.8, 4) is 0 Å². The monoisotopic (exact) mass is 261 g/mol. The Kier molecular flexibility index (Phi) is 5.57. The van der Waals surface area contributed by atoms with Gasteiger partial charge in [0.25, 0.3) is 0 Å². The van der Waals surface area contributed by atoms with Gasteiger partial charge in [0.2, 0.25) is 5.91 Å². The standard InChI is InChI=1S/C10H19N3O5/c1-5(14)6(7(15)16)13-9(18)12-4-10(2,3)8(11)17/h5-6,14H,4H2,1-3H3,(H2,11,17)(H,15,16)(H2,12,13,18). The number of aliphatic hydroxyl groups excluding tert-OH is 1. The maximum absolute atomic E-state index is 11.4. The van der Waals surface area contributed by atoms with Crippen LogP contribution >= 0.6 is 0 Å². The minimum absolute atomic E-state index is 0.0414. The Morgan fingerprint density at radius 2 is 1.83 bits per heavy atom. The van der Waals surface area contributed by atoms with E-state index in [1.165, 1.54) is 6.92 Å². The molecule has 8 nitrogen and oxygen atoms in total. The number of rotatable bonds is 6. The summed E-state index contributed by atoms with van der Waals surface area (Å²) in [4.78, 5) is 33.1. The summed E-state index contributed by atoms with van der Waals surface area (Å²) in [5.74, 6) is -1.94. The van der Waals surface area contributed by atoms with E-state index in [4.69, 9.17) is 15.9 Å². The highest BCUT2D eigenvalue weighted by Gasteiger charge is 2.28. The first-order valence-corrected chi connectivity index (χ1v) is 5.33. The molecule has 0 heterocycles. The lowest BCUT2D eigenvalue weighted by atomic mass is 9.93. The molecular formula is C10H19N3O5. The molecule has 0 bridgehead atoms. The van der Waals surface area contributed by atoms with Crippen LogP contribution in [0.2, 0.25) is 0 Å². The smallest absolute Gasteiger partial charge is 0.328 e. The number of amides is 3. The zero-order chi connectivity index (χ0) is 14.5. The molecule has 2 unspecified atom stereocenters. The molecule has 3 amide bonds. The topological polar surface area (TPSA) is 142 Å².